The van der Waals surface area contributed by atoms with Gasteiger partial charge in [0.1, 0.15) is 0 Å². The van der Waals surface area contributed by atoms with Gasteiger partial charge in [-0.25, -0.2) is 15.0 Å². The Morgan fingerprint density at radius 1 is 1.27 bits per heavy atom. The molecule has 0 aliphatic rings. The Bertz CT molecular complexity index is 237. The van der Waals surface area contributed by atoms with Crippen LogP contribution in [0.1, 0.15) is 0 Å². The molecule has 0 aliphatic carbocycles. The maximum atomic E-state index is 10.1. The van der Waals surface area contributed by atoms with Crippen LogP contribution in [0, 0.1) is 5.41 Å². The fourth-order valence-corrected chi connectivity index (χ4v) is 0.259. The Labute approximate surface area is 72.4 Å². The van der Waals surface area contributed by atoms with Gasteiger partial charge in [0, 0.05) is 0 Å². The van der Waals surface area contributed by atoms with Crippen LogP contribution < -0.4 is 0 Å². The molecule has 0 saturated heterocycles. The minimum absolute atomic E-state index is 0.750. The molecule has 0 unspecified atom stereocenters. The molecule has 0 atom stereocenters. The summed E-state index contributed by atoms with van der Waals surface area (Å²) < 4.78 is 0. The Balaban J connectivity index is 0. The third-order valence-corrected chi connectivity index (χ3v) is 0.465. The van der Waals surface area contributed by atoms with Crippen LogP contribution >= 0.6 is 24.4 Å². The van der Waals surface area contributed by atoms with E-state index in [1.54, 1.807) is 0 Å². The summed E-state index contributed by atoms with van der Waals surface area (Å²) in [5, 5.41) is 9.06. The van der Waals surface area contributed by atoms with Crippen molar-refractivity contribution in [2.75, 3.05) is 0 Å². The van der Waals surface area contributed by atoms with E-state index < -0.39 is 6.03 Å². The molecule has 1 N–H and O–H groups in total. The van der Waals surface area contributed by atoms with Gasteiger partial charge in [0.2, 0.25) is 6.08 Å². The second-order valence-corrected chi connectivity index (χ2v) is 1.16. The first-order valence-electron chi connectivity index (χ1n) is 1.96. The van der Waals surface area contributed by atoms with Crippen molar-refractivity contribution in [3.63, 3.8) is 0 Å². The number of isothiocyanates is 2. The van der Waals surface area contributed by atoms with Crippen LogP contribution in [-0.4, -0.2) is 22.4 Å². The molecule has 0 aromatic heterocycles. The molecule has 0 rings (SSSR count). The van der Waals surface area contributed by atoms with E-state index in [0.29, 0.717) is 0 Å². The zero-order valence-corrected chi connectivity index (χ0v) is 6.66. The number of nitrogens with one attached hydrogen (secondary N) is 1. The molecular weight excluding hydrogens is 186 g/mol. The van der Waals surface area contributed by atoms with E-state index in [9.17, 15) is 4.79 Å². The minimum Gasteiger partial charge on any atom is -0.242 e. The summed E-state index contributed by atoms with van der Waals surface area (Å²) in [6.45, 7) is 0. The van der Waals surface area contributed by atoms with E-state index >= 15 is 0 Å². The van der Waals surface area contributed by atoms with Crippen molar-refractivity contribution in [3.05, 3.63) is 0 Å². The molecule has 2 amide bonds. The van der Waals surface area contributed by atoms with Crippen LogP contribution in [0.3, 0.4) is 0 Å². The predicted molar refractivity (Wildman–Crippen MR) is 43.9 cm³/mol. The summed E-state index contributed by atoms with van der Waals surface area (Å²) in [5.74, 6) is 0. The topological polar surface area (TPSA) is 82.7 Å². The summed E-state index contributed by atoms with van der Waals surface area (Å²) in [4.78, 5) is 24.3. The summed E-state index contributed by atoms with van der Waals surface area (Å²) in [6.07, 6.45) is 0.750. The number of rotatable bonds is 0. The number of hydrogen-bond donors (Lipinski definition) is 1. The number of aliphatic imine (C=N–C) groups is 2. The Hall–Kier alpha value is -1.35. The van der Waals surface area contributed by atoms with Crippen LogP contribution in [-0.2, 0) is 4.79 Å². The van der Waals surface area contributed by atoms with Gasteiger partial charge in [-0.15, -0.1) is 9.98 Å². The molecule has 0 heterocycles. The van der Waals surface area contributed by atoms with Crippen molar-refractivity contribution in [1.29, 1.82) is 5.41 Å². The maximum Gasteiger partial charge on any atom is 0.384 e. The molecule has 0 radical (unpaired) electrons. The number of amides is 2. The Morgan fingerprint density at radius 3 is 1.73 bits per heavy atom. The molecule has 0 aromatic rings. The lowest BCUT2D eigenvalue weighted by molar-refractivity contribution is 0.257. The van der Waals surface area contributed by atoms with Crippen LogP contribution in [0.15, 0.2) is 9.98 Å². The van der Waals surface area contributed by atoms with E-state index in [2.05, 4.69) is 34.4 Å². The molecule has 0 fully saturated rings. The van der Waals surface area contributed by atoms with Gasteiger partial charge < -0.3 is 0 Å². The predicted octanol–water partition coefficient (Wildman–Crippen LogP) is 1.21. The normalized spacial score (nSPS) is 5.09. The number of urea groups is 1. The van der Waals surface area contributed by atoms with Crippen molar-refractivity contribution >= 4 is 46.9 Å². The second-order valence-electron chi connectivity index (χ2n) is 0.791. The molecular formula is C4HN3O2S2. The highest BCUT2D eigenvalue weighted by molar-refractivity contribution is 7.78. The van der Waals surface area contributed by atoms with Crippen LogP contribution in [0.25, 0.3) is 0 Å². The molecule has 5 nitrogen and oxygen atoms in total. The van der Waals surface area contributed by atoms with Crippen molar-refractivity contribution < 1.29 is 9.59 Å². The van der Waals surface area contributed by atoms with E-state index in [4.69, 9.17) is 10.2 Å². The van der Waals surface area contributed by atoms with Gasteiger partial charge in [-0.2, -0.15) is 0 Å². The van der Waals surface area contributed by atoms with Crippen molar-refractivity contribution in [3.8, 4) is 0 Å². The molecule has 0 aliphatic heterocycles. The van der Waals surface area contributed by atoms with E-state index in [1.807, 2.05) is 10.3 Å². The van der Waals surface area contributed by atoms with Crippen molar-refractivity contribution in [2.45, 2.75) is 0 Å². The lowest BCUT2D eigenvalue weighted by Crippen LogP contribution is -1.77. The average molecular weight is 187 g/mol. The van der Waals surface area contributed by atoms with E-state index in [-0.39, 0.29) is 0 Å². The van der Waals surface area contributed by atoms with Crippen LogP contribution in [0.2, 0.25) is 0 Å². The second kappa shape index (κ2) is 11.4. The van der Waals surface area contributed by atoms with E-state index in [1.165, 1.54) is 0 Å². The highest BCUT2D eigenvalue weighted by Gasteiger charge is 1.84. The summed E-state index contributed by atoms with van der Waals surface area (Å²) in [7, 11) is 0. The number of carbonyl (C=O) groups excluding carboxylic acids is 2. The number of carbonyl (C=O) groups is 1. The van der Waals surface area contributed by atoms with E-state index in [0.717, 1.165) is 6.08 Å². The standard InChI is InChI=1S/C3N2OS2.CHNO/c6-3(4-1-7)5-2-8;2-1-3/h;2H. The SMILES string of the molecule is N=C=O.O=C(N=C=S)N=C=S. The zero-order chi connectivity index (χ0) is 9.11. The molecule has 7 heteroatoms. The lowest BCUT2D eigenvalue weighted by atomic mass is 11.1. The summed E-state index contributed by atoms with van der Waals surface area (Å²) in [6, 6.07) is -0.769. The van der Waals surface area contributed by atoms with Gasteiger partial charge >= 0.3 is 6.03 Å². The minimum atomic E-state index is -0.769. The van der Waals surface area contributed by atoms with Crippen LogP contribution in [0.4, 0.5) is 4.79 Å². The highest BCUT2D eigenvalue weighted by atomic mass is 32.1. The fourth-order valence-electron chi connectivity index (χ4n) is 0.103. The Morgan fingerprint density at radius 2 is 1.55 bits per heavy atom. The van der Waals surface area contributed by atoms with Gasteiger partial charge in [0.05, 0.1) is 10.3 Å². The number of nitrogens with zero attached hydrogens (tertiary/aromatic N) is 2. The first kappa shape index (κ1) is 12.3. The number of thiocarbonyl (C=S) groups is 2. The smallest absolute Gasteiger partial charge is 0.242 e. The summed E-state index contributed by atoms with van der Waals surface area (Å²) in [5.41, 5.74) is 0. The zero-order valence-electron chi connectivity index (χ0n) is 5.03. The first-order chi connectivity index (χ1) is 5.22. The molecule has 11 heavy (non-hydrogen) atoms. The number of isocyanates is 1. The highest BCUT2D eigenvalue weighted by Crippen LogP contribution is 1.74. The lowest BCUT2D eigenvalue weighted by Gasteiger charge is -1.66. The first-order valence-corrected chi connectivity index (χ1v) is 2.78. The van der Waals surface area contributed by atoms with Crippen molar-refractivity contribution in [2.24, 2.45) is 9.98 Å². The molecule has 0 bridgehead atoms. The monoisotopic (exact) mass is 187 g/mol. The molecule has 0 saturated carbocycles. The van der Waals surface area contributed by atoms with Gasteiger partial charge in [-0.1, -0.05) is 0 Å². The third-order valence-electron chi connectivity index (χ3n) is 0.283. The molecule has 0 spiro atoms. The number of hydrogen-bond acceptors (Lipinski definition) is 5. The largest absolute Gasteiger partial charge is 0.384 e. The maximum absolute atomic E-state index is 10.1. The van der Waals surface area contributed by atoms with Crippen LogP contribution in [0.5, 0.6) is 0 Å². The van der Waals surface area contributed by atoms with Gasteiger partial charge in [0.25, 0.3) is 0 Å². The third kappa shape index (κ3) is 17.7. The van der Waals surface area contributed by atoms with Gasteiger partial charge in [0.15, 0.2) is 0 Å². The fraction of sp³-hybridized carbons (Fsp3) is 0. The van der Waals surface area contributed by atoms with Crippen molar-refractivity contribution in [1.82, 2.24) is 0 Å². The van der Waals surface area contributed by atoms with Gasteiger partial charge in [-0.3, -0.25) is 0 Å². The Kier molecular flexibility index (Phi) is 12.8. The molecule has 0 aromatic carbocycles. The van der Waals surface area contributed by atoms with Gasteiger partial charge in [-0.05, 0) is 24.4 Å². The molecule has 56 valence electrons. The average Bonchev–Trinajstić information content (AvgIpc) is 1.90. The summed E-state index contributed by atoms with van der Waals surface area (Å²) >= 11 is 8.17. The quantitative estimate of drug-likeness (QED) is 0.351.